The first-order valence-corrected chi connectivity index (χ1v) is 5.61. The van der Waals surface area contributed by atoms with E-state index in [0.29, 0.717) is 17.7 Å². The molecule has 0 bridgehead atoms. The molecule has 1 aromatic carbocycles. The van der Waals surface area contributed by atoms with E-state index in [2.05, 4.69) is 10.1 Å². The summed E-state index contributed by atoms with van der Waals surface area (Å²) in [4.78, 5) is 2.11. The van der Waals surface area contributed by atoms with E-state index in [-0.39, 0.29) is 11.7 Å². The summed E-state index contributed by atoms with van der Waals surface area (Å²) in [6, 6.07) is 4.60. The molecule has 0 saturated carbocycles. The number of amidine groups is 1. The third-order valence-corrected chi connectivity index (χ3v) is 2.74. The number of benzene rings is 1. The fourth-order valence-electron chi connectivity index (χ4n) is 1.58. The molecule has 1 rings (SSSR count). The van der Waals surface area contributed by atoms with Crippen LogP contribution < -0.4 is 5.73 Å². The molecule has 0 unspecified atom stereocenters. The maximum Gasteiger partial charge on any atom is 0.170 e. The molecule has 17 heavy (non-hydrogen) atoms. The van der Waals surface area contributed by atoms with Crippen molar-refractivity contribution in [3.8, 4) is 0 Å². The maximum atomic E-state index is 13.8. The summed E-state index contributed by atoms with van der Waals surface area (Å²) in [7, 11) is 0. The first-order chi connectivity index (χ1) is 8.12. The van der Waals surface area contributed by atoms with Crippen LogP contribution in [-0.2, 0) is 6.54 Å². The zero-order valence-electron chi connectivity index (χ0n) is 10.2. The number of halogens is 1. The lowest BCUT2D eigenvalue weighted by atomic mass is 10.1. The highest BCUT2D eigenvalue weighted by atomic mass is 19.1. The van der Waals surface area contributed by atoms with Crippen molar-refractivity contribution < 1.29 is 9.60 Å². The number of oxime groups is 1. The van der Waals surface area contributed by atoms with E-state index >= 15 is 0 Å². The lowest BCUT2D eigenvalue weighted by molar-refractivity contribution is 0.291. The van der Waals surface area contributed by atoms with Crippen molar-refractivity contribution in [3.63, 3.8) is 0 Å². The highest BCUT2D eigenvalue weighted by Crippen LogP contribution is 2.12. The smallest absolute Gasteiger partial charge is 0.170 e. The Morgan fingerprint density at radius 3 is 2.53 bits per heavy atom. The van der Waals surface area contributed by atoms with Crippen molar-refractivity contribution in [3.05, 3.63) is 35.1 Å². The fourth-order valence-corrected chi connectivity index (χ4v) is 1.58. The monoisotopic (exact) mass is 239 g/mol. The second-order valence-electron chi connectivity index (χ2n) is 3.75. The molecule has 1 aromatic rings. The van der Waals surface area contributed by atoms with Crippen molar-refractivity contribution in [1.29, 1.82) is 0 Å². The van der Waals surface area contributed by atoms with Gasteiger partial charge in [0.2, 0.25) is 0 Å². The second-order valence-corrected chi connectivity index (χ2v) is 3.75. The van der Waals surface area contributed by atoms with E-state index in [1.807, 2.05) is 13.8 Å². The quantitative estimate of drug-likeness (QED) is 0.356. The molecule has 0 atom stereocenters. The van der Waals surface area contributed by atoms with E-state index in [1.54, 1.807) is 12.1 Å². The Bertz CT molecular complexity index is 403. The molecule has 3 N–H and O–H groups in total. The lowest BCUT2D eigenvalue weighted by Gasteiger charge is -2.18. The first-order valence-electron chi connectivity index (χ1n) is 5.61. The Morgan fingerprint density at radius 2 is 2.06 bits per heavy atom. The number of hydrogen-bond donors (Lipinski definition) is 2. The Hall–Kier alpha value is -1.62. The highest BCUT2D eigenvalue weighted by molar-refractivity contribution is 5.97. The second kappa shape index (κ2) is 6.20. The topological polar surface area (TPSA) is 61.8 Å². The summed E-state index contributed by atoms with van der Waals surface area (Å²) in [5, 5.41) is 11.3. The Balaban J connectivity index is 2.90. The standard InChI is InChI=1S/C12H18FN3O/c1-3-16(4-2)8-10-6-5-9(7-11(10)13)12(14)15-17/h5-7,17H,3-4,8H2,1-2H3,(H2,14,15). The molecule has 0 heterocycles. The minimum absolute atomic E-state index is 0.0849. The van der Waals surface area contributed by atoms with Gasteiger partial charge in [-0.2, -0.15) is 0 Å². The minimum Gasteiger partial charge on any atom is -0.409 e. The minimum atomic E-state index is -0.332. The van der Waals surface area contributed by atoms with E-state index in [9.17, 15) is 4.39 Å². The van der Waals surface area contributed by atoms with Gasteiger partial charge < -0.3 is 10.9 Å². The maximum absolute atomic E-state index is 13.8. The van der Waals surface area contributed by atoms with Gasteiger partial charge >= 0.3 is 0 Å². The van der Waals surface area contributed by atoms with Gasteiger partial charge in [0, 0.05) is 17.7 Å². The molecule has 0 aliphatic rings. The third kappa shape index (κ3) is 3.42. The van der Waals surface area contributed by atoms with Crippen molar-refractivity contribution in [2.45, 2.75) is 20.4 Å². The van der Waals surface area contributed by atoms with E-state index in [0.717, 1.165) is 13.1 Å². The number of rotatable bonds is 5. The molecule has 0 amide bonds. The molecule has 0 aliphatic heterocycles. The van der Waals surface area contributed by atoms with Crippen LogP contribution in [0.15, 0.2) is 23.4 Å². The summed E-state index contributed by atoms with van der Waals surface area (Å²) in [6.07, 6.45) is 0. The van der Waals surface area contributed by atoms with Gasteiger partial charge in [-0.15, -0.1) is 0 Å². The van der Waals surface area contributed by atoms with Crippen LogP contribution in [0.3, 0.4) is 0 Å². The molecule has 0 radical (unpaired) electrons. The van der Waals surface area contributed by atoms with Gasteiger partial charge in [-0.3, -0.25) is 4.90 Å². The number of nitrogens with two attached hydrogens (primary N) is 1. The van der Waals surface area contributed by atoms with E-state index in [4.69, 9.17) is 10.9 Å². The van der Waals surface area contributed by atoms with Crippen LogP contribution in [0.1, 0.15) is 25.0 Å². The summed E-state index contributed by atoms with van der Waals surface area (Å²) >= 11 is 0. The third-order valence-electron chi connectivity index (χ3n) is 2.74. The summed E-state index contributed by atoms with van der Waals surface area (Å²) in [6.45, 7) is 6.38. The van der Waals surface area contributed by atoms with Gasteiger partial charge in [0.05, 0.1) is 0 Å². The Morgan fingerprint density at radius 1 is 1.41 bits per heavy atom. The zero-order chi connectivity index (χ0) is 12.8. The SMILES string of the molecule is CCN(CC)Cc1ccc(/C(N)=N/O)cc1F. The molecule has 5 heteroatoms. The van der Waals surface area contributed by atoms with Crippen molar-refractivity contribution >= 4 is 5.84 Å². The van der Waals surface area contributed by atoms with Gasteiger partial charge in [-0.25, -0.2) is 4.39 Å². The first kappa shape index (κ1) is 13.4. The van der Waals surface area contributed by atoms with Gasteiger partial charge in [0.25, 0.3) is 0 Å². The predicted molar refractivity (Wildman–Crippen MR) is 65.5 cm³/mol. The van der Waals surface area contributed by atoms with E-state index < -0.39 is 0 Å². The Kier molecular flexibility index (Phi) is 4.90. The summed E-state index contributed by atoms with van der Waals surface area (Å²) < 4.78 is 13.8. The van der Waals surface area contributed by atoms with Gasteiger partial charge in [0.1, 0.15) is 5.82 Å². The summed E-state index contributed by atoms with van der Waals surface area (Å²) in [5.41, 5.74) is 6.39. The van der Waals surface area contributed by atoms with Gasteiger partial charge in [-0.1, -0.05) is 31.1 Å². The zero-order valence-corrected chi connectivity index (χ0v) is 10.2. The predicted octanol–water partition coefficient (Wildman–Crippen LogP) is 1.76. The van der Waals surface area contributed by atoms with Gasteiger partial charge in [-0.05, 0) is 19.2 Å². The highest BCUT2D eigenvalue weighted by Gasteiger charge is 2.09. The molecule has 0 saturated heterocycles. The van der Waals surface area contributed by atoms with Crippen LogP contribution in [0.5, 0.6) is 0 Å². The van der Waals surface area contributed by atoms with Crippen LogP contribution in [-0.4, -0.2) is 29.0 Å². The van der Waals surface area contributed by atoms with Crippen LogP contribution in [0.25, 0.3) is 0 Å². The molecule has 0 fully saturated rings. The van der Waals surface area contributed by atoms with Crippen LogP contribution in [0, 0.1) is 5.82 Å². The molecule has 94 valence electrons. The molecule has 0 spiro atoms. The number of nitrogens with zero attached hydrogens (tertiary/aromatic N) is 2. The Labute approximate surface area is 101 Å². The largest absolute Gasteiger partial charge is 0.409 e. The van der Waals surface area contributed by atoms with Crippen LogP contribution in [0.2, 0.25) is 0 Å². The van der Waals surface area contributed by atoms with Crippen molar-refractivity contribution in [1.82, 2.24) is 4.90 Å². The van der Waals surface area contributed by atoms with Crippen molar-refractivity contribution in [2.24, 2.45) is 10.9 Å². The van der Waals surface area contributed by atoms with Crippen LogP contribution in [0.4, 0.5) is 4.39 Å². The molecular weight excluding hydrogens is 221 g/mol. The normalized spacial score (nSPS) is 12.1. The van der Waals surface area contributed by atoms with Crippen molar-refractivity contribution in [2.75, 3.05) is 13.1 Å². The molecule has 0 aromatic heterocycles. The molecule has 0 aliphatic carbocycles. The average Bonchev–Trinajstić information content (AvgIpc) is 2.36. The van der Waals surface area contributed by atoms with Gasteiger partial charge in [0.15, 0.2) is 5.84 Å². The van der Waals surface area contributed by atoms with Crippen LogP contribution >= 0.6 is 0 Å². The summed E-state index contributed by atoms with van der Waals surface area (Å²) in [5.74, 6) is -0.417. The average molecular weight is 239 g/mol. The molecule has 4 nitrogen and oxygen atoms in total. The van der Waals surface area contributed by atoms with E-state index in [1.165, 1.54) is 6.07 Å². The molecular formula is C12H18FN3O. The number of hydrogen-bond acceptors (Lipinski definition) is 3. The fraction of sp³-hybridized carbons (Fsp3) is 0.417. The lowest BCUT2D eigenvalue weighted by Crippen LogP contribution is -2.23.